The molecule has 1 rings (SSSR count). The summed E-state index contributed by atoms with van der Waals surface area (Å²) in [5, 5.41) is 8.77. The van der Waals surface area contributed by atoms with Gasteiger partial charge in [0.05, 0.1) is 0 Å². The van der Waals surface area contributed by atoms with E-state index in [9.17, 15) is 4.79 Å². The first kappa shape index (κ1) is 20.3. The second kappa shape index (κ2) is 8.92. The molecule has 1 amide bonds. The summed E-state index contributed by atoms with van der Waals surface area (Å²) in [5.74, 6) is -0.217. The first-order valence-corrected chi connectivity index (χ1v) is 8.68. The number of carbonyl (C=O) groups is 1. The molecule has 0 aliphatic rings. The van der Waals surface area contributed by atoms with Crippen molar-refractivity contribution in [1.29, 1.82) is 0 Å². The van der Waals surface area contributed by atoms with Crippen LogP contribution in [0.4, 0.5) is 5.69 Å². The molecule has 128 valence electrons. The molecular formula is C15H20Cl3N3OS. The number of carbonyl (C=O) groups excluding carboxylic acids is 1. The first-order valence-electron chi connectivity index (χ1n) is 7.14. The van der Waals surface area contributed by atoms with Crippen molar-refractivity contribution in [2.45, 2.75) is 43.6 Å². The highest BCUT2D eigenvalue weighted by Crippen LogP contribution is 2.29. The Morgan fingerprint density at radius 2 is 1.91 bits per heavy atom. The largest absolute Gasteiger partial charge is 0.339 e. The minimum Gasteiger partial charge on any atom is -0.339 e. The van der Waals surface area contributed by atoms with Gasteiger partial charge in [-0.2, -0.15) is 0 Å². The molecule has 0 aliphatic heterocycles. The van der Waals surface area contributed by atoms with E-state index in [0.717, 1.165) is 16.8 Å². The quantitative estimate of drug-likeness (QED) is 0.396. The molecule has 23 heavy (non-hydrogen) atoms. The van der Waals surface area contributed by atoms with Crippen LogP contribution in [0.2, 0.25) is 0 Å². The second-order valence-corrected chi connectivity index (χ2v) is 7.99. The highest BCUT2D eigenvalue weighted by atomic mass is 35.6. The van der Waals surface area contributed by atoms with Gasteiger partial charge in [0.1, 0.15) is 6.17 Å². The molecule has 0 saturated carbocycles. The van der Waals surface area contributed by atoms with Crippen molar-refractivity contribution in [2.75, 3.05) is 5.32 Å². The van der Waals surface area contributed by atoms with Gasteiger partial charge in [-0.3, -0.25) is 4.79 Å². The lowest BCUT2D eigenvalue weighted by molar-refractivity contribution is -0.121. The van der Waals surface area contributed by atoms with Crippen molar-refractivity contribution in [3.8, 4) is 0 Å². The molecule has 8 heteroatoms. The van der Waals surface area contributed by atoms with Gasteiger partial charge in [-0.25, -0.2) is 0 Å². The maximum Gasteiger partial charge on any atom is 0.228 e. The molecule has 1 aromatic rings. The monoisotopic (exact) mass is 395 g/mol. The van der Waals surface area contributed by atoms with Gasteiger partial charge in [0.15, 0.2) is 5.11 Å². The summed E-state index contributed by atoms with van der Waals surface area (Å²) in [4.78, 5) is 11.7. The van der Waals surface area contributed by atoms with E-state index >= 15 is 0 Å². The van der Waals surface area contributed by atoms with E-state index in [2.05, 4.69) is 16.0 Å². The molecule has 0 radical (unpaired) electrons. The average Bonchev–Trinajstić information content (AvgIpc) is 2.41. The van der Waals surface area contributed by atoms with Crippen molar-refractivity contribution in [2.24, 2.45) is 0 Å². The Morgan fingerprint density at radius 1 is 1.26 bits per heavy atom. The van der Waals surface area contributed by atoms with Crippen molar-refractivity contribution in [1.82, 2.24) is 10.6 Å². The van der Waals surface area contributed by atoms with Crippen LogP contribution in [0.15, 0.2) is 18.2 Å². The Bertz CT molecular complexity index is 576. The second-order valence-electron chi connectivity index (χ2n) is 5.21. The van der Waals surface area contributed by atoms with Gasteiger partial charge in [-0.15, -0.1) is 0 Å². The normalized spacial score (nSPS) is 12.4. The third-order valence-corrected chi connectivity index (χ3v) is 3.90. The Hall–Kier alpha value is -0.750. The smallest absolute Gasteiger partial charge is 0.228 e. The van der Waals surface area contributed by atoms with Crippen LogP contribution >= 0.6 is 47.0 Å². The summed E-state index contributed by atoms with van der Waals surface area (Å²) >= 11 is 23.0. The summed E-state index contributed by atoms with van der Waals surface area (Å²) in [6.45, 7) is 5.83. The van der Waals surface area contributed by atoms with Gasteiger partial charge in [-0.05, 0) is 49.7 Å². The topological polar surface area (TPSA) is 53.2 Å². The van der Waals surface area contributed by atoms with Gasteiger partial charge < -0.3 is 16.0 Å². The van der Waals surface area contributed by atoms with E-state index in [1.807, 2.05) is 39.0 Å². The number of rotatable bonds is 5. The fraction of sp³-hybridized carbons (Fsp3) is 0.467. The number of amides is 1. The van der Waals surface area contributed by atoms with E-state index in [0.29, 0.717) is 12.8 Å². The van der Waals surface area contributed by atoms with Crippen LogP contribution in [-0.2, 0) is 4.79 Å². The van der Waals surface area contributed by atoms with Crippen LogP contribution < -0.4 is 16.0 Å². The molecule has 1 aromatic carbocycles. The highest BCUT2D eigenvalue weighted by molar-refractivity contribution is 7.80. The lowest BCUT2D eigenvalue weighted by atomic mass is 10.1. The molecule has 0 aliphatic carbocycles. The molecule has 0 saturated heterocycles. The van der Waals surface area contributed by atoms with Crippen molar-refractivity contribution in [3.05, 3.63) is 29.3 Å². The molecule has 4 nitrogen and oxygen atoms in total. The minimum absolute atomic E-state index is 0.217. The number of benzene rings is 1. The van der Waals surface area contributed by atoms with Crippen molar-refractivity contribution in [3.63, 3.8) is 0 Å². The number of aryl methyl sites for hydroxylation is 2. The van der Waals surface area contributed by atoms with E-state index in [1.54, 1.807) is 0 Å². The standard InChI is InChI=1S/C15H20Cl3N3OS/c1-4-5-12(22)20-13(15(16,17)18)21-14(23)19-11-8-9(2)6-7-10(11)3/h6-8,13H,4-5H2,1-3H3,(H,20,22)(H2,19,21,23)/t13-/m1/s1. The number of halogens is 3. The third-order valence-electron chi connectivity index (χ3n) is 3.03. The van der Waals surface area contributed by atoms with E-state index < -0.39 is 9.96 Å². The van der Waals surface area contributed by atoms with Crippen LogP contribution in [0.3, 0.4) is 0 Å². The SMILES string of the molecule is CCCC(=O)N[C@H](NC(=S)Nc1cc(C)ccc1C)C(Cl)(Cl)Cl. The molecule has 3 N–H and O–H groups in total. The number of hydrogen-bond donors (Lipinski definition) is 3. The van der Waals surface area contributed by atoms with Crippen LogP contribution in [0.1, 0.15) is 30.9 Å². The van der Waals surface area contributed by atoms with E-state index in [-0.39, 0.29) is 11.0 Å². The van der Waals surface area contributed by atoms with Gasteiger partial charge in [-0.1, -0.05) is 53.9 Å². The zero-order valence-electron chi connectivity index (χ0n) is 13.2. The average molecular weight is 397 g/mol. The van der Waals surface area contributed by atoms with Gasteiger partial charge in [0.25, 0.3) is 0 Å². The Morgan fingerprint density at radius 3 is 2.48 bits per heavy atom. The summed E-state index contributed by atoms with van der Waals surface area (Å²) < 4.78 is -1.74. The zero-order valence-corrected chi connectivity index (χ0v) is 16.3. The fourth-order valence-electron chi connectivity index (χ4n) is 1.82. The molecular weight excluding hydrogens is 377 g/mol. The van der Waals surface area contributed by atoms with Gasteiger partial charge >= 0.3 is 0 Å². The molecule has 0 fully saturated rings. The van der Waals surface area contributed by atoms with E-state index in [1.165, 1.54) is 0 Å². The molecule has 0 unspecified atom stereocenters. The third kappa shape index (κ3) is 7.12. The Kier molecular flexibility index (Phi) is 7.87. The van der Waals surface area contributed by atoms with Crippen LogP contribution in [0.5, 0.6) is 0 Å². The first-order chi connectivity index (χ1) is 10.6. The number of thiocarbonyl (C=S) groups is 1. The Labute approximate surface area is 157 Å². The molecule has 0 spiro atoms. The predicted molar refractivity (Wildman–Crippen MR) is 102 cm³/mol. The van der Waals surface area contributed by atoms with Crippen LogP contribution in [0.25, 0.3) is 0 Å². The highest BCUT2D eigenvalue weighted by Gasteiger charge is 2.34. The van der Waals surface area contributed by atoms with Crippen molar-refractivity contribution >= 4 is 63.7 Å². The van der Waals surface area contributed by atoms with E-state index in [4.69, 9.17) is 47.0 Å². The molecule has 0 bridgehead atoms. The maximum atomic E-state index is 11.7. The fourth-order valence-corrected chi connectivity index (χ4v) is 2.38. The van der Waals surface area contributed by atoms with Crippen LogP contribution in [0, 0.1) is 13.8 Å². The Balaban J connectivity index is 2.77. The summed E-state index contributed by atoms with van der Waals surface area (Å²) in [7, 11) is 0. The predicted octanol–water partition coefficient (Wildman–Crippen LogP) is 4.20. The summed E-state index contributed by atoms with van der Waals surface area (Å²) in [6.07, 6.45) is 0.108. The number of nitrogens with one attached hydrogen (secondary N) is 3. The van der Waals surface area contributed by atoms with Crippen molar-refractivity contribution < 1.29 is 4.79 Å². The molecule has 0 aromatic heterocycles. The molecule has 0 heterocycles. The van der Waals surface area contributed by atoms with Gasteiger partial charge in [0.2, 0.25) is 9.70 Å². The number of anilines is 1. The summed E-state index contributed by atoms with van der Waals surface area (Å²) in [6, 6.07) is 5.95. The summed E-state index contributed by atoms with van der Waals surface area (Å²) in [5.41, 5.74) is 2.97. The van der Waals surface area contributed by atoms with Crippen LogP contribution in [-0.4, -0.2) is 21.0 Å². The molecule has 1 atom stereocenters. The van der Waals surface area contributed by atoms with Gasteiger partial charge in [0, 0.05) is 12.1 Å². The zero-order chi connectivity index (χ0) is 17.6. The number of hydrogen-bond acceptors (Lipinski definition) is 2. The lowest BCUT2D eigenvalue weighted by Crippen LogP contribution is -2.56. The lowest BCUT2D eigenvalue weighted by Gasteiger charge is -2.28. The minimum atomic E-state index is -1.74. The maximum absolute atomic E-state index is 11.7. The number of alkyl halides is 3.